The lowest BCUT2D eigenvalue weighted by atomic mass is 10.2. The van der Waals surface area contributed by atoms with Crippen LogP contribution in [0.15, 0.2) is 21.5 Å². The van der Waals surface area contributed by atoms with E-state index >= 15 is 0 Å². The summed E-state index contributed by atoms with van der Waals surface area (Å²) in [5.74, 6) is -1.56. The molecule has 0 aliphatic rings. The van der Waals surface area contributed by atoms with Crippen molar-refractivity contribution in [3.05, 3.63) is 22.2 Å². The van der Waals surface area contributed by atoms with Gasteiger partial charge in [0, 0.05) is 11.4 Å². The lowest BCUT2D eigenvalue weighted by Crippen LogP contribution is -2.38. The highest BCUT2D eigenvalue weighted by molar-refractivity contribution is 9.10. The van der Waals surface area contributed by atoms with Crippen molar-refractivity contribution in [2.45, 2.75) is 31.7 Å². The standard InChI is InChI=1S/C12H15BrN2O5S/c1-6-4-10(14-8(3)16)9(13)5-11(6)21(19,20)15-7(2)12(17)18/h4-5,7,15H,1-3H3,(H,14,16)(H,17,18)/t7-/m1/s1. The Hall–Kier alpha value is -1.45. The molecule has 1 aromatic rings. The maximum Gasteiger partial charge on any atom is 0.321 e. The van der Waals surface area contributed by atoms with Crippen molar-refractivity contribution >= 4 is 43.5 Å². The SMILES string of the molecule is CC(=O)Nc1cc(C)c(S(=O)(=O)N[C@H](C)C(=O)O)cc1Br. The highest BCUT2D eigenvalue weighted by Crippen LogP contribution is 2.29. The summed E-state index contributed by atoms with van der Waals surface area (Å²) in [6.07, 6.45) is 0. The highest BCUT2D eigenvalue weighted by atomic mass is 79.9. The Morgan fingerprint density at radius 2 is 1.90 bits per heavy atom. The summed E-state index contributed by atoms with van der Waals surface area (Å²) in [6.45, 7) is 4.12. The molecular weight excluding hydrogens is 364 g/mol. The highest BCUT2D eigenvalue weighted by Gasteiger charge is 2.24. The lowest BCUT2D eigenvalue weighted by molar-refractivity contribution is -0.138. The Morgan fingerprint density at radius 3 is 2.38 bits per heavy atom. The van der Waals surface area contributed by atoms with Crippen molar-refractivity contribution in [3.63, 3.8) is 0 Å². The molecule has 0 unspecified atom stereocenters. The first kappa shape index (κ1) is 17.6. The van der Waals surface area contributed by atoms with Gasteiger partial charge in [-0.25, -0.2) is 8.42 Å². The molecule has 0 aliphatic carbocycles. The third-order valence-electron chi connectivity index (χ3n) is 2.57. The van der Waals surface area contributed by atoms with E-state index in [1.54, 1.807) is 6.92 Å². The van der Waals surface area contributed by atoms with Gasteiger partial charge in [-0.2, -0.15) is 4.72 Å². The minimum atomic E-state index is -3.98. The molecule has 9 heteroatoms. The summed E-state index contributed by atoms with van der Waals surface area (Å²) >= 11 is 3.17. The summed E-state index contributed by atoms with van der Waals surface area (Å²) in [5.41, 5.74) is 0.817. The van der Waals surface area contributed by atoms with Gasteiger partial charge in [-0.1, -0.05) is 0 Å². The quantitative estimate of drug-likeness (QED) is 0.717. The number of carbonyl (C=O) groups is 2. The number of amides is 1. The topological polar surface area (TPSA) is 113 Å². The number of aryl methyl sites for hydroxylation is 1. The number of sulfonamides is 1. The number of anilines is 1. The van der Waals surface area contributed by atoms with Crippen LogP contribution in [0.5, 0.6) is 0 Å². The van der Waals surface area contributed by atoms with Crippen LogP contribution in [0.3, 0.4) is 0 Å². The minimum Gasteiger partial charge on any atom is -0.480 e. The van der Waals surface area contributed by atoms with Crippen LogP contribution in [-0.4, -0.2) is 31.4 Å². The van der Waals surface area contributed by atoms with Gasteiger partial charge in [-0.05, 0) is 47.5 Å². The van der Waals surface area contributed by atoms with E-state index in [1.807, 2.05) is 0 Å². The zero-order valence-electron chi connectivity index (χ0n) is 11.6. The van der Waals surface area contributed by atoms with Crippen molar-refractivity contribution in [2.75, 3.05) is 5.32 Å². The van der Waals surface area contributed by atoms with Gasteiger partial charge >= 0.3 is 5.97 Å². The molecule has 3 N–H and O–H groups in total. The fraction of sp³-hybridized carbons (Fsp3) is 0.333. The van der Waals surface area contributed by atoms with Crippen molar-refractivity contribution in [1.29, 1.82) is 0 Å². The van der Waals surface area contributed by atoms with Crippen molar-refractivity contribution in [1.82, 2.24) is 4.72 Å². The molecule has 0 bridgehead atoms. The monoisotopic (exact) mass is 378 g/mol. The third-order valence-corrected chi connectivity index (χ3v) is 4.91. The van der Waals surface area contributed by atoms with E-state index in [2.05, 4.69) is 26.0 Å². The largest absolute Gasteiger partial charge is 0.480 e. The molecule has 1 aromatic carbocycles. The molecule has 0 heterocycles. The summed E-state index contributed by atoms with van der Waals surface area (Å²) in [7, 11) is -3.98. The van der Waals surface area contributed by atoms with E-state index in [0.717, 1.165) is 0 Å². The fourth-order valence-electron chi connectivity index (χ4n) is 1.58. The van der Waals surface area contributed by atoms with Gasteiger partial charge in [0.1, 0.15) is 6.04 Å². The molecule has 0 saturated heterocycles. The Labute approximate surface area is 130 Å². The van der Waals surface area contributed by atoms with Crippen molar-refractivity contribution in [3.8, 4) is 0 Å². The van der Waals surface area contributed by atoms with E-state index in [9.17, 15) is 18.0 Å². The van der Waals surface area contributed by atoms with Gasteiger partial charge < -0.3 is 10.4 Å². The molecule has 1 rings (SSSR count). The van der Waals surface area contributed by atoms with Crippen LogP contribution in [0.2, 0.25) is 0 Å². The van der Waals surface area contributed by atoms with Crippen LogP contribution in [0, 0.1) is 6.92 Å². The summed E-state index contributed by atoms with van der Waals surface area (Å²) in [6, 6.07) is 1.56. The number of halogens is 1. The first-order chi connectivity index (χ1) is 9.54. The fourth-order valence-corrected chi connectivity index (χ4v) is 3.63. The minimum absolute atomic E-state index is 0.0587. The van der Waals surface area contributed by atoms with Gasteiger partial charge in [-0.15, -0.1) is 0 Å². The predicted molar refractivity (Wildman–Crippen MR) is 80.6 cm³/mol. The van der Waals surface area contributed by atoms with Crippen LogP contribution in [0.25, 0.3) is 0 Å². The molecule has 116 valence electrons. The molecule has 0 radical (unpaired) electrons. The number of benzene rings is 1. The number of carboxylic acid groups (broad SMARTS) is 1. The Morgan fingerprint density at radius 1 is 1.33 bits per heavy atom. The van der Waals surface area contributed by atoms with E-state index in [0.29, 0.717) is 15.7 Å². The smallest absolute Gasteiger partial charge is 0.321 e. The molecule has 0 saturated carbocycles. The van der Waals surface area contributed by atoms with E-state index in [1.165, 1.54) is 26.0 Å². The number of aliphatic carboxylic acids is 1. The average Bonchev–Trinajstić information content (AvgIpc) is 2.31. The van der Waals surface area contributed by atoms with Gasteiger partial charge in [0.15, 0.2) is 0 Å². The van der Waals surface area contributed by atoms with Crippen LogP contribution >= 0.6 is 15.9 Å². The zero-order valence-corrected chi connectivity index (χ0v) is 14.0. The van der Waals surface area contributed by atoms with Gasteiger partial charge in [0.25, 0.3) is 0 Å². The van der Waals surface area contributed by atoms with Crippen molar-refractivity contribution < 1.29 is 23.1 Å². The molecule has 1 atom stereocenters. The van der Waals surface area contributed by atoms with Gasteiger partial charge in [0.05, 0.1) is 10.6 Å². The zero-order chi connectivity index (χ0) is 16.4. The molecule has 0 fully saturated rings. The second-order valence-corrected chi connectivity index (χ2v) is 7.00. The number of hydrogen-bond donors (Lipinski definition) is 3. The Kier molecular flexibility index (Phi) is 5.48. The number of carbonyl (C=O) groups excluding carboxylic acids is 1. The molecule has 1 amide bonds. The van der Waals surface area contributed by atoms with E-state index in [-0.39, 0.29) is 10.8 Å². The molecule has 0 spiro atoms. The Bertz CT molecular complexity index is 687. The molecule has 21 heavy (non-hydrogen) atoms. The third kappa shape index (κ3) is 4.51. The van der Waals surface area contributed by atoms with Crippen LogP contribution in [0.4, 0.5) is 5.69 Å². The predicted octanol–water partition coefficient (Wildman–Crippen LogP) is 1.47. The van der Waals surface area contributed by atoms with Gasteiger partial charge in [-0.3, -0.25) is 9.59 Å². The number of hydrogen-bond acceptors (Lipinski definition) is 4. The average molecular weight is 379 g/mol. The number of nitrogens with one attached hydrogen (secondary N) is 2. The summed E-state index contributed by atoms with van der Waals surface area (Å²) in [5, 5.41) is 11.3. The number of rotatable bonds is 5. The van der Waals surface area contributed by atoms with Crippen molar-refractivity contribution in [2.24, 2.45) is 0 Å². The number of carboxylic acids is 1. The Balaban J connectivity index is 3.22. The second-order valence-electron chi connectivity index (χ2n) is 4.46. The normalized spacial score (nSPS) is 12.8. The maximum absolute atomic E-state index is 12.2. The summed E-state index contributed by atoms with van der Waals surface area (Å²) in [4.78, 5) is 21.7. The molecular formula is C12H15BrN2O5S. The summed E-state index contributed by atoms with van der Waals surface area (Å²) < 4.78 is 26.8. The first-order valence-corrected chi connectivity index (χ1v) is 8.15. The molecule has 0 aliphatic heterocycles. The molecule has 7 nitrogen and oxygen atoms in total. The van der Waals surface area contributed by atoms with Crippen LogP contribution < -0.4 is 10.0 Å². The van der Waals surface area contributed by atoms with E-state index < -0.39 is 22.0 Å². The maximum atomic E-state index is 12.2. The van der Waals surface area contributed by atoms with Crippen LogP contribution in [0.1, 0.15) is 19.4 Å². The second kappa shape index (κ2) is 6.54. The first-order valence-electron chi connectivity index (χ1n) is 5.87. The lowest BCUT2D eigenvalue weighted by Gasteiger charge is -2.14. The molecule has 0 aromatic heterocycles. The van der Waals surface area contributed by atoms with E-state index in [4.69, 9.17) is 5.11 Å². The van der Waals surface area contributed by atoms with Crippen LogP contribution in [-0.2, 0) is 19.6 Å². The van der Waals surface area contributed by atoms with Gasteiger partial charge in [0.2, 0.25) is 15.9 Å².